The lowest BCUT2D eigenvalue weighted by Gasteiger charge is -2.08. The molecule has 2 N–H and O–H groups in total. The summed E-state index contributed by atoms with van der Waals surface area (Å²) >= 11 is 0. The first-order valence-electron chi connectivity index (χ1n) is 7.36. The number of carbonyl (C=O) groups is 1. The fourth-order valence-electron chi connectivity index (χ4n) is 2.93. The zero-order valence-electron chi connectivity index (χ0n) is 13.0. The van der Waals surface area contributed by atoms with Crippen LogP contribution in [0, 0.1) is 20.8 Å². The summed E-state index contributed by atoms with van der Waals surface area (Å²) in [4.78, 5) is 14.7. The lowest BCUT2D eigenvalue weighted by atomic mass is 9.97. The van der Waals surface area contributed by atoms with Crippen molar-refractivity contribution in [1.29, 1.82) is 0 Å². The molecule has 0 unspecified atom stereocenters. The van der Waals surface area contributed by atoms with Gasteiger partial charge in [-0.1, -0.05) is 29.3 Å². The number of hydrogen-bond acceptors (Lipinski definition) is 1. The first-order chi connectivity index (χ1) is 10.5. The third-order valence-electron chi connectivity index (χ3n) is 4.05. The fraction of sp³-hybridized carbons (Fsp3) is 0.211. The SMILES string of the molecule is Cc1ccc(C)c(-c2[nH]c3ccc(C)cc3c2CC(=O)O)c1. The van der Waals surface area contributed by atoms with Crippen molar-refractivity contribution in [1.82, 2.24) is 4.98 Å². The van der Waals surface area contributed by atoms with E-state index in [2.05, 4.69) is 36.2 Å². The molecule has 0 radical (unpaired) electrons. The highest BCUT2D eigenvalue weighted by atomic mass is 16.4. The molecule has 0 aliphatic carbocycles. The van der Waals surface area contributed by atoms with Gasteiger partial charge in [0.25, 0.3) is 0 Å². The van der Waals surface area contributed by atoms with E-state index in [1.54, 1.807) is 0 Å². The number of rotatable bonds is 3. The Morgan fingerprint density at radius 1 is 1.05 bits per heavy atom. The van der Waals surface area contributed by atoms with Crippen LogP contribution in [-0.2, 0) is 11.2 Å². The Morgan fingerprint density at radius 2 is 1.73 bits per heavy atom. The van der Waals surface area contributed by atoms with Crippen LogP contribution in [0.4, 0.5) is 0 Å². The highest BCUT2D eigenvalue weighted by Gasteiger charge is 2.17. The van der Waals surface area contributed by atoms with Crippen molar-refractivity contribution in [3.8, 4) is 11.3 Å². The molecule has 0 bridgehead atoms. The van der Waals surface area contributed by atoms with Gasteiger partial charge < -0.3 is 10.1 Å². The van der Waals surface area contributed by atoms with E-state index in [4.69, 9.17) is 0 Å². The van der Waals surface area contributed by atoms with Gasteiger partial charge in [0.15, 0.2) is 0 Å². The first kappa shape index (κ1) is 14.4. The van der Waals surface area contributed by atoms with Crippen LogP contribution in [0.1, 0.15) is 22.3 Å². The molecule has 0 atom stereocenters. The van der Waals surface area contributed by atoms with Crippen LogP contribution in [0.3, 0.4) is 0 Å². The van der Waals surface area contributed by atoms with Crippen LogP contribution in [0.2, 0.25) is 0 Å². The molecule has 0 saturated carbocycles. The van der Waals surface area contributed by atoms with Crippen molar-refractivity contribution in [3.63, 3.8) is 0 Å². The smallest absolute Gasteiger partial charge is 0.307 e. The summed E-state index contributed by atoms with van der Waals surface area (Å²) in [7, 11) is 0. The Balaban J connectivity index is 2.32. The molecule has 22 heavy (non-hydrogen) atoms. The molecular weight excluding hydrogens is 274 g/mol. The van der Waals surface area contributed by atoms with E-state index in [1.165, 1.54) is 0 Å². The van der Waals surface area contributed by atoms with Crippen molar-refractivity contribution < 1.29 is 9.90 Å². The summed E-state index contributed by atoms with van der Waals surface area (Å²) < 4.78 is 0. The summed E-state index contributed by atoms with van der Waals surface area (Å²) in [6.07, 6.45) is 0.0200. The number of aryl methyl sites for hydroxylation is 3. The fourth-order valence-corrected chi connectivity index (χ4v) is 2.93. The molecular formula is C19H19NO2. The van der Waals surface area contributed by atoms with Gasteiger partial charge >= 0.3 is 5.97 Å². The molecule has 112 valence electrons. The van der Waals surface area contributed by atoms with Crippen LogP contribution >= 0.6 is 0 Å². The van der Waals surface area contributed by atoms with Crippen molar-refractivity contribution >= 4 is 16.9 Å². The van der Waals surface area contributed by atoms with Crippen LogP contribution < -0.4 is 0 Å². The first-order valence-corrected chi connectivity index (χ1v) is 7.36. The maximum absolute atomic E-state index is 11.3. The zero-order chi connectivity index (χ0) is 15.9. The van der Waals surface area contributed by atoms with Gasteiger partial charge in [-0.3, -0.25) is 4.79 Å². The van der Waals surface area contributed by atoms with Crippen molar-refractivity contribution in [2.75, 3.05) is 0 Å². The standard InChI is InChI=1S/C19H19NO2/c1-11-4-6-13(3)14(8-11)19-16(10-18(21)22)15-9-12(2)5-7-17(15)20-19/h4-9,20H,10H2,1-3H3,(H,21,22). The Kier molecular flexibility index (Phi) is 3.49. The van der Waals surface area contributed by atoms with Gasteiger partial charge in [0.05, 0.1) is 12.1 Å². The van der Waals surface area contributed by atoms with Gasteiger partial charge in [0.2, 0.25) is 0 Å². The minimum absolute atomic E-state index is 0.0200. The van der Waals surface area contributed by atoms with Crippen molar-refractivity contribution in [2.45, 2.75) is 27.2 Å². The molecule has 3 rings (SSSR count). The van der Waals surface area contributed by atoms with Gasteiger partial charge in [-0.05, 0) is 50.1 Å². The second kappa shape index (κ2) is 5.34. The third kappa shape index (κ3) is 2.50. The number of aliphatic carboxylic acids is 1. The number of benzene rings is 2. The Bertz CT molecular complexity index is 875. The Hall–Kier alpha value is -2.55. The maximum atomic E-state index is 11.3. The van der Waals surface area contributed by atoms with E-state index in [0.717, 1.165) is 44.4 Å². The molecule has 0 saturated heterocycles. The molecule has 3 heteroatoms. The van der Waals surface area contributed by atoms with E-state index in [1.807, 2.05) is 26.0 Å². The van der Waals surface area contributed by atoms with E-state index in [9.17, 15) is 9.90 Å². The summed E-state index contributed by atoms with van der Waals surface area (Å²) in [5.41, 5.74) is 7.27. The van der Waals surface area contributed by atoms with Crippen LogP contribution in [0.15, 0.2) is 36.4 Å². The highest BCUT2D eigenvalue weighted by Crippen LogP contribution is 2.33. The van der Waals surface area contributed by atoms with Crippen LogP contribution in [0.5, 0.6) is 0 Å². The normalized spacial score (nSPS) is 11.0. The summed E-state index contributed by atoms with van der Waals surface area (Å²) in [5.74, 6) is -0.811. The molecule has 2 aromatic carbocycles. The molecule has 0 spiro atoms. The summed E-state index contributed by atoms with van der Waals surface area (Å²) in [5, 5.41) is 10.3. The van der Waals surface area contributed by atoms with Crippen LogP contribution in [-0.4, -0.2) is 16.1 Å². The van der Waals surface area contributed by atoms with Gasteiger partial charge in [0, 0.05) is 16.5 Å². The number of carboxylic acids is 1. The largest absolute Gasteiger partial charge is 0.481 e. The van der Waals surface area contributed by atoms with Crippen molar-refractivity contribution in [3.05, 3.63) is 58.7 Å². The quantitative estimate of drug-likeness (QED) is 0.752. The number of hydrogen-bond donors (Lipinski definition) is 2. The van der Waals surface area contributed by atoms with E-state index >= 15 is 0 Å². The molecule has 0 amide bonds. The number of aromatic nitrogens is 1. The highest BCUT2D eigenvalue weighted by molar-refractivity contribution is 5.94. The van der Waals surface area contributed by atoms with E-state index < -0.39 is 5.97 Å². The van der Waals surface area contributed by atoms with Gasteiger partial charge in [-0.2, -0.15) is 0 Å². The number of H-pyrrole nitrogens is 1. The van der Waals surface area contributed by atoms with Gasteiger partial charge in [-0.15, -0.1) is 0 Å². The lowest BCUT2D eigenvalue weighted by molar-refractivity contribution is -0.136. The Morgan fingerprint density at radius 3 is 2.45 bits per heavy atom. The summed E-state index contributed by atoms with van der Waals surface area (Å²) in [6, 6.07) is 12.4. The number of aromatic amines is 1. The molecule has 0 aliphatic rings. The molecule has 1 aromatic heterocycles. The van der Waals surface area contributed by atoms with Crippen LogP contribution in [0.25, 0.3) is 22.2 Å². The number of fused-ring (bicyclic) bond motifs is 1. The summed E-state index contributed by atoms with van der Waals surface area (Å²) in [6.45, 7) is 6.12. The molecule has 0 fully saturated rings. The average molecular weight is 293 g/mol. The zero-order valence-corrected chi connectivity index (χ0v) is 13.0. The molecule has 0 aliphatic heterocycles. The third-order valence-corrected chi connectivity index (χ3v) is 4.05. The second-order valence-electron chi connectivity index (χ2n) is 5.92. The van der Waals surface area contributed by atoms with Gasteiger partial charge in [-0.25, -0.2) is 0 Å². The van der Waals surface area contributed by atoms with Crippen molar-refractivity contribution in [2.24, 2.45) is 0 Å². The predicted octanol–water partition coefficient (Wildman–Crippen LogP) is 4.39. The average Bonchev–Trinajstić information content (AvgIpc) is 2.79. The number of carboxylic acid groups (broad SMARTS) is 1. The molecule has 3 nitrogen and oxygen atoms in total. The monoisotopic (exact) mass is 293 g/mol. The maximum Gasteiger partial charge on any atom is 0.307 e. The lowest BCUT2D eigenvalue weighted by Crippen LogP contribution is -2.01. The predicted molar refractivity (Wildman–Crippen MR) is 89.3 cm³/mol. The van der Waals surface area contributed by atoms with E-state index in [0.29, 0.717) is 0 Å². The minimum atomic E-state index is -0.811. The topological polar surface area (TPSA) is 53.1 Å². The van der Waals surface area contributed by atoms with E-state index in [-0.39, 0.29) is 6.42 Å². The number of nitrogens with one attached hydrogen (secondary N) is 1. The molecule has 3 aromatic rings. The van der Waals surface area contributed by atoms with Gasteiger partial charge in [0.1, 0.15) is 0 Å². The molecule has 1 heterocycles. The second-order valence-corrected chi connectivity index (χ2v) is 5.92. The Labute approximate surface area is 129 Å². The minimum Gasteiger partial charge on any atom is -0.481 e.